The largest absolute Gasteiger partial charge is 0.310 e. The fraction of sp³-hybridized carbons (Fsp3) is 0. The molecular formula is C86H52N6S3. The Balaban J connectivity index is 0.630. The fourth-order valence-electron chi connectivity index (χ4n) is 14.1. The van der Waals surface area contributed by atoms with Crippen LogP contribution in [0.4, 0.5) is 34.1 Å². The van der Waals surface area contributed by atoms with Crippen molar-refractivity contribution in [3.63, 3.8) is 0 Å². The summed E-state index contributed by atoms with van der Waals surface area (Å²) in [4.78, 5) is 15.1. The number of hydrogen-bond donors (Lipinski definition) is 0. The van der Waals surface area contributed by atoms with Crippen molar-refractivity contribution in [2.24, 2.45) is 0 Å². The molecule has 3 heterocycles. The topological polar surface area (TPSA) is 58.0 Å². The lowest BCUT2D eigenvalue weighted by molar-refractivity contribution is 1.29. The highest BCUT2D eigenvalue weighted by atomic mass is 32.1. The zero-order valence-electron chi connectivity index (χ0n) is 50.9. The fourth-order valence-corrected chi connectivity index (χ4v) is 16.7. The summed E-state index contributed by atoms with van der Waals surface area (Å²) in [6.45, 7) is 0. The molecular weight excluding hydrogens is 1210 g/mol. The number of fused-ring (bicyclic) bond motifs is 6. The second-order valence-corrected chi connectivity index (χ2v) is 26.9. The van der Waals surface area contributed by atoms with Gasteiger partial charge in [0, 0.05) is 70.9 Å². The summed E-state index contributed by atoms with van der Waals surface area (Å²) in [5.41, 5.74) is 15.1. The normalized spacial score (nSPS) is 11.8. The summed E-state index contributed by atoms with van der Waals surface area (Å²) < 4.78 is 12.3. The van der Waals surface area contributed by atoms with Crippen molar-refractivity contribution in [1.82, 2.24) is 18.7 Å². The minimum absolute atomic E-state index is 0.737. The lowest BCUT2D eigenvalue weighted by atomic mass is 9.93. The van der Waals surface area contributed by atoms with Gasteiger partial charge in [0.2, 0.25) is 0 Å². The molecule has 0 saturated heterocycles. The Morgan fingerprint density at radius 1 is 0.253 bits per heavy atom. The maximum absolute atomic E-state index is 5.23. The maximum Gasteiger partial charge on any atom is 0.173 e. The first kappa shape index (κ1) is 55.0. The van der Waals surface area contributed by atoms with Crippen molar-refractivity contribution < 1.29 is 0 Å². The third kappa shape index (κ3) is 9.66. The maximum atomic E-state index is 5.23. The molecule has 19 rings (SSSR count). The van der Waals surface area contributed by atoms with Gasteiger partial charge in [0.25, 0.3) is 0 Å². The Kier molecular flexibility index (Phi) is 13.0. The minimum Gasteiger partial charge on any atom is -0.310 e. The first-order valence-electron chi connectivity index (χ1n) is 31.8. The molecule has 16 aromatic carbocycles. The Morgan fingerprint density at radius 3 is 1.51 bits per heavy atom. The van der Waals surface area contributed by atoms with Gasteiger partial charge in [-0.1, -0.05) is 194 Å². The first-order chi connectivity index (χ1) is 47.0. The van der Waals surface area contributed by atoms with Gasteiger partial charge >= 0.3 is 0 Å². The monoisotopic (exact) mass is 1260 g/mol. The van der Waals surface area contributed by atoms with Gasteiger partial charge in [-0.15, -0.1) is 11.3 Å². The lowest BCUT2D eigenvalue weighted by Crippen LogP contribution is -2.10. The highest BCUT2D eigenvalue weighted by molar-refractivity contribution is 7.26. The van der Waals surface area contributed by atoms with Gasteiger partial charge in [0.15, 0.2) is 11.6 Å². The molecule has 0 aliphatic heterocycles. The van der Waals surface area contributed by atoms with Crippen molar-refractivity contribution in [1.29, 1.82) is 0 Å². The van der Waals surface area contributed by atoms with Crippen LogP contribution in [0.15, 0.2) is 315 Å². The summed E-state index contributed by atoms with van der Waals surface area (Å²) in [5.74, 6) is 1.47. The van der Waals surface area contributed by atoms with E-state index in [0.717, 1.165) is 89.2 Å². The Labute approximate surface area is 559 Å². The van der Waals surface area contributed by atoms with Crippen molar-refractivity contribution >= 4 is 153 Å². The number of hydrogen-bond acceptors (Lipinski definition) is 9. The first-order valence-corrected chi connectivity index (χ1v) is 34.2. The Bertz CT molecular complexity index is 6130. The molecule has 0 unspecified atom stereocenters. The molecule has 0 aliphatic carbocycles. The third-order valence-electron chi connectivity index (χ3n) is 18.6. The van der Waals surface area contributed by atoms with Crippen molar-refractivity contribution in [2.45, 2.75) is 0 Å². The molecule has 444 valence electrons. The van der Waals surface area contributed by atoms with E-state index in [0.29, 0.717) is 0 Å². The number of anilines is 6. The summed E-state index contributed by atoms with van der Waals surface area (Å²) in [5, 5.41) is 18.9. The van der Waals surface area contributed by atoms with Gasteiger partial charge in [0.1, 0.15) is 10.0 Å². The molecule has 0 fully saturated rings. The van der Waals surface area contributed by atoms with Gasteiger partial charge in [-0.2, -0.15) is 8.75 Å². The van der Waals surface area contributed by atoms with Gasteiger partial charge in [-0.3, -0.25) is 0 Å². The van der Waals surface area contributed by atoms with E-state index < -0.39 is 0 Å². The van der Waals surface area contributed by atoms with Crippen molar-refractivity contribution in [3.8, 4) is 66.2 Å². The molecule has 0 bridgehead atoms. The molecule has 19 aromatic rings. The van der Waals surface area contributed by atoms with E-state index in [1.807, 2.05) is 11.3 Å². The van der Waals surface area contributed by atoms with Crippen molar-refractivity contribution in [2.75, 3.05) is 9.80 Å². The van der Waals surface area contributed by atoms with Crippen LogP contribution in [-0.2, 0) is 0 Å². The standard InChI is InChI=1S/C86H52N6S3/c1-2-22-70(23-3-1)92(73-24-10-21-67(52-73)86-88-84(90-95-86)69-48-64-32-29-55-17-8-18-56-30-33-65(49-69)80(64)79(55)56)77-27-12-28-78-81(77)76-26-11-25-75(82(76)93-78)63-20-9-19-58(46-63)54-35-40-71(41-36-54)91(74-44-37-53-13-4-5-16-61(53)51-74)72-42-38-57(39-43-72)85-87-83(89-94-85)66-34-31-62-45-59-14-6-7-15-60(59)47-68(62)50-66/h1-52H. The van der Waals surface area contributed by atoms with E-state index in [9.17, 15) is 0 Å². The molecule has 3 aromatic heterocycles. The smallest absolute Gasteiger partial charge is 0.173 e. The summed E-state index contributed by atoms with van der Waals surface area (Å²) >= 11 is 4.74. The predicted molar refractivity (Wildman–Crippen MR) is 404 cm³/mol. The SMILES string of the molecule is c1ccc(N(c2cccc(-c3nc(-c4cc5ccc6cccc7ccc(c4)c5c67)ns3)c2)c2cccc3sc4c(-c5cccc(-c6ccc(N(c7ccc(-c8nc(-c9ccc%10cc%11ccccc%11cc%10c9)ns8)cc7)c7ccc8ccccc8c7)cc6)c5)cccc4c23)cc1. The number of benzene rings is 16. The Morgan fingerprint density at radius 2 is 0.747 bits per heavy atom. The molecule has 0 amide bonds. The average molecular weight is 1270 g/mol. The number of nitrogens with zero attached hydrogens (tertiary/aromatic N) is 6. The summed E-state index contributed by atoms with van der Waals surface area (Å²) in [6.07, 6.45) is 0. The lowest BCUT2D eigenvalue weighted by Gasteiger charge is -2.26. The van der Waals surface area contributed by atoms with E-state index in [1.165, 1.54) is 119 Å². The summed E-state index contributed by atoms with van der Waals surface area (Å²) in [6, 6.07) is 114. The molecule has 0 aliphatic rings. The number of aromatic nitrogens is 4. The average Bonchev–Trinajstić information content (AvgIpc) is 1.74. The van der Waals surface area contributed by atoms with Crippen LogP contribution in [0.3, 0.4) is 0 Å². The number of rotatable bonds is 12. The van der Waals surface area contributed by atoms with Crippen LogP contribution in [0, 0.1) is 0 Å². The third-order valence-corrected chi connectivity index (χ3v) is 21.4. The van der Waals surface area contributed by atoms with E-state index in [1.54, 1.807) is 0 Å². The highest BCUT2D eigenvalue weighted by Gasteiger charge is 2.23. The molecule has 95 heavy (non-hydrogen) atoms. The van der Waals surface area contributed by atoms with Crippen LogP contribution in [0.5, 0.6) is 0 Å². The Hall–Kier alpha value is -11.7. The van der Waals surface area contributed by atoms with Gasteiger partial charge in [-0.05, 0) is 231 Å². The number of para-hydroxylation sites is 1. The zero-order chi connectivity index (χ0) is 62.5. The minimum atomic E-state index is 0.737. The van der Waals surface area contributed by atoms with E-state index >= 15 is 0 Å². The molecule has 9 heteroatoms. The van der Waals surface area contributed by atoms with E-state index in [-0.39, 0.29) is 0 Å². The molecule has 0 N–H and O–H groups in total. The zero-order valence-corrected chi connectivity index (χ0v) is 53.4. The van der Waals surface area contributed by atoms with Gasteiger partial charge < -0.3 is 9.80 Å². The van der Waals surface area contributed by atoms with Crippen LogP contribution in [-0.4, -0.2) is 18.7 Å². The van der Waals surface area contributed by atoms with Gasteiger partial charge in [0.05, 0.1) is 5.69 Å². The van der Waals surface area contributed by atoms with Crippen LogP contribution in [0.25, 0.3) is 151 Å². The van der Waals surface area contributed by atoms with Crippen LogP contribution in [0.2, 0.25) is 0 Å². The molecule has 0 saturated carbocycles. The molecule has 6 nitrogen and oxygen atoms in total. The second-order valence-electron chi connectivity index (χ2n) is 24.3. The van der Waals surface area contributed by atoms with Crippen molar-refractivity contribution in [3.05, 3.63) is 315 Å². The van der Waals surface area contributed by atoms with Crippen LogP contribution >= 0.6 is 34.4 Å². The molecule has 0 spiro atoms. The molecule has 0 radical (unpaired) electrons. The van der Waals surface area contributed by atoms with E-state index in [4.69, 9.17) is 18.7 Å². The number of thiophene rings is 1. The van der Waals surface area contributed by atoms with Crippen LogP contribution in [0.1, 0.15) is 0 Å². The highest BCUT2D eigenvalue weighted by Crippen LogP contribution is 2.49. The quantitative estimate of drug-likeness (QED) is 0.0897. The van der Waals surface area contributed by atoms with E-state index in [2.05, 4.69) is 325 Å². The second kappa shape index (κ2) is 22.5. The van der Waals surface area contributed by atoms with Gasteiger partial charge in [-0.25, -0.2) is 9.97 Å². The summed E-state index contributed by atoms with van der Waals surface area (Å²) in [7, 11) is 0. The van der Waals surface area contributed by atoms with Crippen LogP contribution < -0.4 is 9.80 Å². The molecule has 0 atom stereocenters. The predicted octanol–water partition coefficient (Wildman–Crippen LogP) is 25.1.